The Kier molecular flexibility index (Phi) is 2.92. The van der Waals surface area contributed by atoms with Crippen molar-refractivity contribution in [2.24, 2.45) is 4.99 Å². The molecule has 1 aromatic heterocycles. The minimum atomic E-state index is 0.878. The summed E-state index contributed by atoms with van der Waals surface area (Å²) in [5.74, 6) is 1.17. The largest absolute Gasteiger partial charge is 0.369 e. The molecular formula is C9H13N3S. The Morgan fingerprint density at radius 3 is 3.15 bits per heavy atom. The van der Waals surface area contributed by atoms with Crippen LogP contribution in [0, 0.1) is 0 Å². The molecule has 0 bridgehead atoms. The fourth-order valence-electron chi connectivity index (χ4n) is 1.36. The average Bonchev–Trinajstić information content (AvgIpc) is 2.69. The summed E-state index contributed by atoms with van der Waals surface area (Å²) < 4.78 is 0. The quantitative estimate of drug-likeness (QED) is 0.781. The summed E-state index contributed by atoms with van der Waals surface area (Å²) in [6, 6.07) is 0. The number of nitrogens with zero attached hydrogens (tertiary/aromatic N) is 2. The number of hydrogen-bond acceptors (Lipinski definition) is 4. The van der Waals surface area contributed by atoms with Gasteiger partial charge in [-0.1, -0.05) is 0 Å². The van der Waals surface area contributed by atoms with Crippen LogP contribution in [0.15, 0.2) is 16.7 Å². The first-order valence-corrected chi connectivity index (χ1v) is 5.48. The van der Waals surface area contributed by atoms with Crippen molar-refractivity contribution in [3.05, 3.63) is 16.6 Å². The molecule has 0 atom stereocenters. The van der Waals surface area contributed by atoms with Crippen molar-refractivity contribution in [1.82, 2.24) is 10.3 Å². The molecule has 0 aliphatic carbocycles. The molecule has 1 N–H and O–H groups in total. The molecule has 2 heterocycles. The van der Waals surface area contributed by atoms with Crippen molar-refractivity contribution >= 4 is 17.2 Å². The zero-order valence-corrected chi connectivity index (χ0v) is 8.31. The first-order chi connectivity index (χ1) is 6.45. The van der Waals surface area contributed by atoms with E-state index >= 15 is 0 Å². The van der Waals surface area contributed by atoms with E-state index in [0.29, 0.717) is 0 Å². The van der Waals surface area contributed by atoms with E-state index in [1.54, 1.807) is 11.3 Å². The van der Waals surface area contributed by atoms with Crippen LogP contribution in [0.2, 0.25) is 0 Å². The van der Waals surface area contributed by atoms with E-state index < -0.39 is 0 Å². The van der Waals surface area contributed by atoms with Crippen molar-refractivity contribution in [2.75, 3.05) is 6.54 Å². The third kappa shape index (κ3) is 2.52. The van der Waals surface area contributed by atoms with Crippen LogP contribution < -0.4 is 5.32 Å². The predicted molar refractivity (Wildman–Crippen MR) is 55.1 cm³/mol. The average molecular weight is 195 g/mol. The second kappa shape index (κ2) is 4.37. The number of thiazole rings is 1. The van der Waals surface area contributed by atoms with E-state index in [0.717, 1.165) is 19.5 Å². The highest BCUT2D eigenvalue weighted by atomic mass is 32.1. The molecule has 0 unspecified atom stereocenters. The third-order valence-electron chi connectivity index (χ3n) is 2.07. The molecule has 0 spiro atoms. The van der Waals surface area contributed by atoms with Gasteiger partial charge in [0, 0.05) is 24.0 Å². The highest BCUT2D eigenvalue weighted by Crippen LogP contribution is 2.07. The number of nitrogens with one attached hydrogen (secondary N) is 1. The van der Waals surface area contributed by atoms with Crippen molar-refractivity contribution < 1.29 is 0 Å². The lowest BCUT2D eigenvalue weighted by Crippen LogP contribution is -2.24. The van der Waals surface area contributed by atoms with E-state index in [-0.39, 0.29) is 0 Å². The zero-order chi connectivity index (χ0) is 8.93. The van der Waals surface area contributed by atoms with Gasteiger partial charge in [-0.25, -0.2) is 0 Å². The second-order valence-electron chi connectivity index (χ2n) is 3.11. The number of aromatic nitrogens is 1. The molecule has 1 aliphatic rings. The molecule has 0 fully saturated rings. The maximum Gasteiger partial charge on any atom is 0.0965 e. The number of rotatable bonds is 2. The van der Waals surface area contributed by atoms with Gasteiger partial charge in [-0.05, 0) is 12.8 Å². The Bertz CT molecular complexity index is 279. The third-order valence-corrected chi connectivity index (χ3v) is 2.85. The zero-order valence-electron chi connectivity index (χ0n) is 7.49. The van der Waals surface area contributed by atoms with Crippen molar-refractivity contribution in [2.45, 2.75) is 25.8 Å². The van der Waals surface area contributed by atoms with Gasteiger partial charge in [0.05, 0.1) is 17.9 Å². The van der Waals surface area contributed by atoms with Gasteiger partial charge in [0.15, 0.2) is 0 Å². The summed E-state index contributed by atoms with van der Waals surface area (Å²) in [5.41, 5.74) is 1.86. The lowest BCUT2D eigenvalue weighted by atomic mass is 10.2. The monoisotopic (exact) mass is 195 g/mol. The van der Waals surface area contributed by atoms with Gasteiger partial charge in [-0.15, -0.1) is 11.3 Å². The molecule has 70 valence electrons. The van der Waals surface area contributed by atoms with Crippen LogP contribution in [0.25, 0.3) is 0 Å². The van der Waals surface area contributed by atoms with Gasteiger partial charge in [0.2, 0.25) is 0 Å². The highest BCUT2D eigenvalue weighted by molar-refractivity contribution is 7.09. The first-order valence-electron chi connectivity index (χ1n) is 4.60. The van der Waals surface area contributed by atoms with Gasteiger partial charge in [-0.2, -0.15) is 0 Å². The Hall–Kier alpha value is -0.900. The Morgan fingerprint density at radius 1 is 1.46 bits per heavy atom. The molecule has 1 aromatic rings. The summed E-state index contributed by atoms with van der Waals surface area (Å²) >= 11 is 1.68. The molecule has 0 saturated carbocycles. The lowest BCUT2D eigenvalue weighted by molar-refractivity contribution is 0.707. The minimum absolute atomic E-state index is 0.878. The van der Waals surface area contributed by atoms with Gasteiger partial charge in [-0.3, -0.25) is 9.98 Å². The van der Waals surface area contributed by atoms with Crippen molar-refractivity contribution in [1.29, 1.82) is 0 Å². The van der Waals surface area contributed by atoms with Crippen LogP contribution in [-0.4, -0.2) is 17.4 Å². The normalized spacial score (nSPS) is 16.8. The van der Waals surface area contributed by atoms with E-state index in [9.17, 15) is 0 Å². The molecule has 0 saturated heterocycles. The lowest BCUT2D eigenvalue weighted by Gasteiger charge is -2.12. The standard InChI is InChI=1S/C9H13N3S/c1-2-4-11-9(3-1)12-6-8-5-10-7-13-8/h5,7H,1-4,6H2,(H,11,12). The van der Waals surface area contributed by atoms with Crippen molar-refractivity contribution in [3.8, 4) is 0 Å². The van der Waals surface area contributed by atoms with Crippen LogP contribution in [0.3, 0.4) is 0 Å². The summed E-state index contributed by atoms with van der Waals surface area (Å²) in [4.78, 5) is 9.71. The maximum absolute atomic E-state index is 4.42. The Balaban J connectivity index is 1.82. The van der Waals surface area contributed by atoms with E-state index in [1.165, 1.54) is 23.6 Å². The van der Waals surface area contributed by atoms with Crippen LogP contribution in [0.4, 0.5) is 0 Å². The Labute approximate surface area is 81.9 Å². The fraction of sp³-hybridized carbons (Fsp3) is 0.556. The summed E-state index contributed by atoms with van der Waals surface area (Å²) in [6.07, 6.45) is 5.53. The smallest absolute Gasteiger partial charge is 0.0965 e. The predicted octanol–water partition coefficient (Wildman–Crippen LogP) is 1.82. The number of hydrogen-bond donors (Lipinski definition) is 1. The maximum atomic E-state index is 4.42. The highest BCUT2D eigenvalue weighted by Gasteiger charge is 2.04. The van der Waals surface area contributed by atoms with Gasteiger partial charge in [0.1, 0.15) is 0 Å². The molecule has 3 nitrogen and oxygen atoms in total. The van der Waals surface area contributed by atoms with Crippen LogP contribution in [0.5, 0.6) is 0 Å². The molecule has 4 heteroatoms. The molecule has 1 aliphatic heterocycles. The van der Waals surface area contributed by atoms with Crippen molar-refractivity contribution in [3.63, 3.8) is 0 Å². The molecule has 13 heavy (non-hydrogen) atoms. The minimum Gasteiger partial charge on any atom is -0.369 e. The van der Waals surface area contributed by atoms with Gasteiger partial charge < -0.3 is 5.32 Å². The molecule has 0 radical (unpaired) electrons. The van der Waals surface area contributed by atoms with Gasteiger partial charge in [0.25, 0.3) is 0 Å². The molecule has 0 aromatic carbocycles. The Morgan fingerprint density at radius 2 is 2.46 bits per heavy atom. The van der Waals surface area contributed by atoms with Gasteiger partial charge >= 0.3 is 0 Å². The summed E-state index contributed by atoms with van der Waals surface area (Å²) in [7, 11) is 0. The van der Waals surface area contributed by atoms with E-state index in [2.05, 4.69) is 15.3 Å². The van der Waals surface area contributed by atoms with Crippen LogP contribution >= 0.6 is 11.3 Å². The second-order valence-corrected chi connectivity index (χ2v) is 4.08. The SMILES string of the molecule is c1ncc(CNC2=NCCCC2)s1. The van der Waals surface area contributed by atoms with E-state index in [1.807, 2.05) is 11.7 Å². The first kappa shape index (κ1) is 8.69. The van der Waals surface area contributed by atoms with Crippen LogP contribution in [-0.2, 0) is 6.54 Å². The molecular weight excluding hydrogens is 182 g/mol. The van der Waals surface area contributed by atoms with E-state index in [4.69, 9.17) is 0 Å². The fourth-order valence-corrected chi connectivity index (χ4v) is 1.89. The summed E-state index contributed by atoms with van der Waals surface area (Å²) in [5, 5.41) is 3.34. The molecule has 2 rings (SSSR count). The molecule has 0 amide bonds. The topological polar surface area (TPSA) is 37.3 Å². The van der Waals surface area contributed by atoms with Crippen LogP contribution in [0.1, 0.15) is 24.1 Å². The number of aliphatic imine (C=N–C) groups is 1. The number of amidine groups is 1. The summed E-state index contributed by atoms with van der Waals surface area (Å²) in [6.45, 7) is 1.87.